The minimum atomic E-state index is -4.98. The molecule has 15 nitrogen and oxygen atoms in total. The quantitative estimate of drug-likeness (QED) is 0.0586. The molecule has 18 heteroatoms. The summed E-state index contributed by atoms with van der Waals surface area (Å²) in [5.74, 6) is -0.982. The molecule has 0 saturated carbocycles. The molecule has 1 aromatic heterocycles. The molecule has 0 radical (unpaired) electrons. The smallest absolute Gasteiger partial charge is 0.469 e. The number of nitrogens with zero attached hydrogens (tertiary/aromatic N) is 3. The number of rotatable bonds is 10. The Morgan fingerprint density at radius 3 is 2.53 bits per heavy atom. The van der Waals surface area contributed by atoms with Crippen molar-refractivity contribution in [3.63, 3.8) is 0 Å². The number of pyridine rings is 1. The van der Waals surface area contributed by atoms with E-state index < -0.39 is 46.6 Å². The Kier molecular flexibility index (Phi) is 8.54. The van der Waals surface area contributed by atoms with E-state index in [2.05, 4.69) is 29.1 Å². The average molecular weight is 511 g/mol. The molecular weight excluding hydrogens is 497 g/mol. The van der Waals surface area contributed by atoms with Crippen LogP contribution in [0.25, 0.3) is 0 Å². The second-order valence-electron chi connectivity index (χ2n) is 5.67. The van der Waals surface area contributed by atoms with Crippen LogP contribution >= 0.6 is 19.9 Å². The second-order valence-corrected chi connectivity index (χ2v) is 9.08. The Morgan fingerprint density at radius 2 is 1.97 bits per heavy atom. The van der Waals surface area contributed by atoms with Crippen LogP contribution in [0.1, 0.15) is 21.6 Å². The first-order valence-corrected chi connectivity index (χ1v) is 11.6. The lowest BCUT2D eigenvalue weighted by atomic mass is 10.1. The molecule has 0 atom stereocenters. The number of aromatic hydroxyl groups is 1. The van der Waals surface area contributed by atoms with Crippen molar-refractivity contribution in [2.75, 3.05) is 0 Å². The van der Waals surface area contributed by atoms with Gasteiger partial charge in [-0.3, -0.25) is 13.9 Å². The highest BCUT2D eigenvalue weighted by Gasteiger charge is 2.22. The number of aromatic nitrogens is 1. The van der Waals surface area contributed by atoms with Gasteiger partial charge in [-0.25, -0.2) is 14.8 Å². The average Bonchev–Trinajstić information content (AvgIpc) is 2.70. The van der Waals surface area contributed by atoms with Gasteiger partial charge in [-0.2, -0.15) is 8.42 Å². The van der Waals surface area contributed by atoms with Gasteiger partial charge in [0.25, 0.3) is 10.1 Å². The van der Waals surface area contributed by atoms with Gasteiger partial charge in [0.05, 0.1) is 39.7 Å². The first-order valence-electron chi connectivity index (χ1n) is 7.93. The van der Waals surface area contributed by atoms with Crippen LogP contribution in [-0.4, -0.2) is 44.4 Å². The molecule has 2 rings (SSSR count). The van der Waals surface area contributed by atoms with Crippen molar-refractivity contribution in [3.8, 4) is 5.75 Å². The molecular formula is C14H14N3O12PS2. The number of phosphoric ester groups is 1. The van der Waals surface area contributed by atoms with Crippen molar-refractivity contribution in [2.45, 2.75) is 23.3 Å². The topological polar surface area (TPSA) is 235 Å². The van der Waals surface area contributed by atoms with Crippen molar-refractivity contribution in [1.82, 2.24) is 4.98 Å². The van der Waals surface area contributed by atoms with Gasteiger partial charge in [-0.15, -0.1) is 14.6 Å². The van der Waals surface area contributed by atoms with Gasteiger partial charge >= 0.3 is 7.82 Å². The highest BCUT2D eigenvalue weighted by Crippen LogP contribution is 2.40. The maximum absolute atomic E-state index is 11.4. The zero-order chi connectivity index (χ0) is 24.1. The Bertz CT molecular complexity index is 1200. The van der Waals surface area contributed by atoms with Crippen LogP contribution < -0.4 is 0 Å². The third-order valence-corrected chi connectivity index (χ3v) is 5.57. The third-order valence-electron chi connectivity index (χ3n) is 3.60. The van der Waals surface area contributed by atoms with E-state index in [0.29, 0.717) is 12.0 Å². The largest absolute Gasteiger partial charge is 0.505 e. The highest BCUT2D eigenvalue weighted by atomic mass is 32.2. The van der Waals surface area contributed by atoms with Gasteiger partial charge < -0.3 is 14.9 Å². The van der Waals surface area contributed by atoms with Crippen molar-refractivity contribution in [3.05, 3.63) is 35.0 Å². The van der Waals surface area contributed by atoms with Gasteiger partial charge in [0.2, 0.25) is 0 Å². The summed E-state index contributed by atoms with van der Waals surface area (Å²) in [6.07, 6.45) is 0.189. The lowest BCUT2D eigenvalue weighted by Crippen LogP contribution is -2.01. The van der Waals surface area contributed by atoms with Gasteiger partial charge in [0.1, 0.15) is 11.4 Å². The molecule has 1 heterocycles. The molecule has 0 amide bonds. The predicted molar refractivity (Wildman–Crippen MR) is 104 cm³/mol. The molecule has 0 saturated heterocycles. The van der Waals surface area contributed by atoms with Crippen molar-refractivity contribution in [2.24, 2.45) is 10.2 Å². The van der Waals surface area contributed by atoms with E-state index in [1.807, 2.05) is 0 Å². The first-order chi connectivity index (χ1) is 14.9. The van der Waals surface area contributed by atoms with E-state index in [9.17, 15) is 27.4 Å². The molecule has 0 unspecified atom stereocenters. The molecule has 0 aliphatic carbocycles. The summed E-state index contributed by atoms with van der Waals surface area (Å²) in [5, 5.41) is 29.3. The molecule has 0 aliphatic rings. The van der Waals surface area contributed by atoms with Crippen LogP contribution in [0.15, 0.2) is 38.2 Å². The van der Waals surface area contributed by atoms with Crippen LogP contribution in [-0.2, 0) is 35.2 Å². The maximum atomic E-state index is 11.4. The molecule has 0 aliphatic heterocycles. The minimum absolute atomic E-state index is 0.0364. The van der Waals surface area contributed by atoms with Gasteiger partial charge in [0, 0.05) is 5.56 Å². The minimum Gasteiger partial charge on any atom is -0.505 e. The summed E-state index contributed by atoms with van der Waals surface area (Å²) in [6.45, 7) is 0.420. The van der Waals surface area contributed by atoms with E-state index in [-0.39, 0.29) is 28.1 Å². The lowest BCUT2D eigenvalue weighted by Gasteiger charge is -2.12. The number of phosphoric acid groups is 1. The number of hydrogen-bond donors (Lipinski definition) is 5. The normalized spacial score (nSPS) is 12.4. The van der Waals surface area contributed by atoms with Crippen LogP contribution in [0.3, 0.4) is 0 Å². The first kappa shape index (κ1) is 25.9. The summed E-state index contributed by atoms with van der Waals surface area (Å²) in [6, 6.07) is 3.00. The SMILES string of the molecule is Cc1nc(N=Nc2cc(S(=O)(=O)O)ccc2SOOO)c(COP(=O)(O)O)c(C=O)c1O. The third kappa shape index (κ3) is 6.84. The molecule has 32 heavy (non-hydrogen) atoms. The lowest BCUT2D eigenvalue weighted by molar-refractivity contribution is -0.432. The zero-order valence-corrected chi connectivity index (χ0v) is 18.2. The summed E-state index contributed by atoms with van der Waals surface area (Å²) >= 11 is 0.386. The Morgan fingerprint density at radius 1 is 1.28 bits per heavy atom. The van der Waals surface area contributed by atoms with Gasteiger partial charge in [-0.1, -0.05) is 5.04 Å². The van der Waals surface area contributed by atoms with Crippen LogP contribution in [0.2, 0.25) is 0 Å². The summed E-state index contributed by atoms with van der Waals surface area (Å²) < 4.78 is 51.7. The number of aryl methyl sites for hydroxylation is 1. The Balaban J connectivity index is 2.62. The number of aldehydes is 1. The molecule has 1 aromatic carbocycles. The van der Waals surface area contributed by atoms with E-state index >= 15 is 0 Å². The van der Waals surface area contributed by atoms with Gasteiger partial charge in [-0.05, 0) is 25.1 Å². The summed E-state index contributed by atoms with van der Waals surface area (Å²) in [7, 11) is -9.62. The molecule has 0 spiro atoms. The molecule has 5 N–H and O–H groups in total. The Hall–Kier alpha value is -2.31. The van der Waals surface area contributed by atoms with Crippen LogP contribution in [0, 0.1) is 6.92 Å². The second kappa shape index (κ2) is 10.5. The van der Waals surface area contributed by atoms with Gasteiger partial charge in [0.15, 0.2) is 12.1 Å². The van der Waals surface area contributed by atoms with E-state index in [0.717, 1.165) is 18.2 Å². The monoisotopic (exact) mass is 511 g/mol. The van der Waals surface area contributed by atoms with E-state index in [1.165, 1.54) is 6.92 Å². The van der Waals surface area contributed by atoms with Crippen LogP contribution in [0.4, 0.5) is 11.5 Å². The van der Waals surface area contributed by atoms with Crippen molar-refractivity contribution >= 4 is 47.8 Å². The zero-order valence-electron chi connectivity index (χ0n) is 15.7. The number of azo groups is 1. The molecule has 174 valence electrons. The number of benzene rings is 1. The predicted octanol–water partition coefficient (Wildman–Crippen LogP) is 2.61. The van der Waals surface area contributed by atoms with E-state index in [1.54, 1.807) is 0 Å². The fraction of sp³-hybridized carbons (Fsp3) is 0.143. The summed E-state index contributed by atoms with van der Waals surface area (Å²) in [5.41, 5.74) is -1.08. The molecule has 0 bridgehead atoms. The molecule has 0 fully saturated rings. The van der Waals surface area contributed by atoms with Crippen LogP contribution in [0.5, 0.6) is 5.75 Å². The summed E-state index contributed by atoms with van der Waals surface area (Å²) in [4.78, 5) is 32.6. The van der Waals surface area contributed by atoms with Crippen molar-refractivity contribution < 1.29 is 56.4 Å². The van der Waals surface area contributed by atoms with Crippen molar-refractivity contribution in [1.29, 1.82) is 0 Å². The highest BCUT2D eigenvalue weighted by molar-refractivity contribution is 7.94. The number of hydrogen-bond acceptors (Lipinski definition) is 13. The Labute approximate surface area is 183 Å². The number of carbonyl (C=O) groups is 1. The van der Waals surface area contributed by atoms with E-state index in [4.69, 9.17) is 15.0 Å². The maximum Gasteiger partial charge on any atom is 0.469 e. The number of carbonyl (C=O) groups excluding carboxylic acids is 1. The standard InChI is InChI=1S/C14H14N3O12PS2/c1-7-13(19)9(5-18)10(6-27-30(21,22)23)14(15-7)17-16-11-4-8(32(24,25)26)2-3-12(11)31-29-28-20/h2-5,19-20H,6H2,1H3,(H2,21,22,23)(H,24,25,26). The fourth-order valence-electron chi connectivity index (χ4n) is 2.20. The molecule has 2 aromatic rings. The fourth-order valence-corrected chi connectivity index (χ4v) is 3.41.